The fourth-order valence-electron chi connectivity index (χ4n) is 2.10. The molecule has 1 aromatic carbocycles. The zero-order valence-electron chi connectivity index (χ0n) is 12.3. The van der Waals surface area contributed by atoms with E-state index in [1.54, 1.807) is 0 Å². The Kier molecular flexibility index (Phi) is 5.22. The van der Waals surface area contributed by atoms with E-state index in [1.165, 1.54) is 10.7 Å². The quantitative estimate of drug-likeness (QED) is 0.804. The monoisotopic (exact) mass is 399 g/mol. The van der Waals surface area contributed by atoms with Crippen LogP contribution in [0.1, 0.15) is 18.7 Å². The minimum Gasteiger partial charge on any atom is -0.453 e. The molecule has 0 saturated carbocycles. The van der Waals surface area contributed by atoms with E-state index in [9.17, 15) is 4.79 Å². The van der Waals surface area contributed by atoms with Crippen molar-refractivity contribution >= 4 is 28.7 Å². The van der Waals surface area contributed by atoms with Gasteiger partial charge in [-0.1, -0.05) is 19.1 Å². The molecule has 2 rings (SSSR count). The Morgan fingerprint density at radius 3 is 2.71 bits per heavy atom. The molecule has 0 radical (unpaired) electrons. The van der Waals surface area contributed by atoms with Crippen LogP contribution in [-0.2, 0) is 11.8 Å². The third-order valence-corrected chi connectivity index (χ3v) is 3.95. The van der Waals surface area contributed by atoms with Crippen LogP contribution in [0.15, 0.2) is 30.5 Å². The van der Waals surface area contributed by atoms with E-state index in [2.05, 4.69) is 61.9 Å². The van der Waals surface area contributed by atoms with Gasteiger partial charge in [0.2, 0.25) is 0 Å². The third-order valence-electron chi connectivity index (χ3n) is 3.23. The number of ether oxygens (including phenoxy) is 1. The number of imidazole rings is 1. The molecule has 6 heteroatoms. The first-order chi connectivity index (χ1) is 10.0. The lowest BCUT2D eigenvalue weighted by Crippen LogP contribution is -2.28. The van der Waals surface area contributed by atoms with Crippen LogP contribution in [0.3, 0.4) is 0 Å². The molecule has 0 unspecified atom stereocenters. The molecule has 2 aromatic rings. The summed E-state index contributed by atoms with van der Waals surface area (Å²) in [6.07, 6.45) is 1.58. The summed E-state index contributed by atoms with van der Waals surface area (Å²) >= 11 is 2.28. The molecular weight excluding hydrogens is 381 g/mol. The average Bonchev–Trinajstić information content (AvgIpc) is 2.87. The van der Waals surface area contributed by atoms with Crippen molar-refractivity contribution in [3.05, 3.63) is 39.9 Å². The van der Waals surface area contributed by atoms with Gasteiger partial charge < -0.3 is 14.6 Å². The second kappa shape index (κ2) is 6.93. The van der Waals surface area contributed by atoms with E-state index in [1.807, 2.05) is 24.7 Å². The first-order valence-corrected chi connectivity index (χ1v) is 7.70. The van der Waals surface area contributed by atoms with E-state index < -0.39 is 6.09 Å². The number of hydrogen-bond donors (Lipinski definition) is 1. The van der Waals surface area contributed by atoms with Gasteiger partial charge in [-0.05, 0) is 34.7 Å². The van der Waals surface area contributed by atoms with Crippen molar-refractivity contribution in [2.75, 3.05) is 13.7 Å². The predicted octanol–water partition coefficient (Wildman–Crippen LogP) is 3.15. The highest BCUT2D eigenvalue weighted by Crippen LogP contribution is 2.22. The summed E-state index contributed by atoms with van der Waals surface area (Å²) < 4.78 is 7.77. The van der Waals surface area contributed by atoms with Crippen molar-refractivity contribution in [3.63, 3.8) is 0 Å². The van der Waals surface area contributed by atoms with Crippen LogP contribution in [-0.4, -0.2) is 29.3 Å². The van der Waals surface area contributed by atoms with Crippen molar-refractivity contribution in [3.8, 4) is 11.3 Å². The molecule has 0 aliphatic rings. The number of carbonyl (C=O) groups is 1. The zero-order chi connectivity index (χ0) is 15.4. The number of nitrogens with one attached hydrogen (secondary N) is 1. The summed E-state index contributed by atoms with van der Waals surface area (Å²) in [7, 11) is 3.32. The number of aromatic nitrogens is 2. The Balaban J connectivity index is 2.15. The molecule has 0 aliphatic carbocycles. The Morgan fingerprint density at radius 2 is 2.10 bits per heavy atom. The minimum atomic E-state index is -0.422. The Hall–Kier alpha value is -1.57. The lowest BCUT2D eigenvalue weighted by atomic mass is 10.1. The molecule has 1 atom stereocenters. The first kappa shape index (κ1) is 15.8. The van der Waals surface area contributed by atoms with Gasteiger partial charge in [0.15, 0.2) is 0 Å². The average molecular weight is 399 g/mol. The molecular formula is C15H18IN3O2. The summed E-state index contributed by atoms with van der Waals surface area (Å²) in [4.78, 5) is 15.8. The number of nitrogens with zero attached hydrogens (tertiary/aromatic N) is 2. The van der Waals surface area contributed by atoms with Crippen molar-refractivity contribution in [1.82, 2.24) is 14.9 Å². The van der Waals surface area contributed by atoms with Crippen LogP contribution in [0.4, 0.5) is 4.79 Å². The second-order valence-electron chi connectivity index (χ2n) is 4.88. The number of amides is 1. The van der Waals surface area contributed by atoms with Crippen molar-refractivity contribution in [2.24, 2.45) is 7.05 Å². The van der Waals surface area contributed by atoms with Gasteiger partial charge in [0.1, 0.15) is 5.82 Å². The minimum absolute atomic E-state index is 0.103. The van der Waals surface area contributed by atoms with Crippen LogP contribution in [0.5, 0.6) is 0 Å². The normalized spacial score (nSPS) is 12.0. The maximum Gasteiger partial charge on any atom is 0.406 e. The van der Waals surface area contributed by atoms with E-state index in [0.29, 0.717) is 6.54 Å². The zero-order valence-corrected chi connectivity index (χ0v) is 14.4. The smallest absolute Gasteiger partial charge is 0.406 e. The van der Waals surface area contributed by atoms with Crippen LogP contribution in [0.25, 0.3) is 11.3 Å². The lowest BCUT2D eigenvalue weighted by molar-refractivity contribution is 0.170. The molecule has 1 amide bonds. The summed E-state index contributed by atoms with van der Waals surface area (Å²) in [5, 5.41) is 2.70. The number of rotatable bonds is 4. The van der Waals surface area contributed by atoms with Gasteiger partial charge in [0.05, 0.1) is 12.8 Å². The van der Waals surface area contributed by atoms with Gasteiger partial charge in [0, 0.05) is 34.8 Å². The Bertz CT molecular complexity index is 622. The molecule has 112 valence electrons. The molecule has 1 heterocycles. The van der Waals surface area contributed by atoms with E-state index in [4.69, 9.17) is 0 Å². The highest BCUT2D eigenvalue weighted by molar-refractivity contribution is 14.1. The van der Waals surface area contributed by atoms with Crippen LogP contribution in [0, 0.1) is 3.57 Å². The lowest BCUT2D eigenvalue weighted by Gasteiger charge is -2.11. The van der Waals surface area contributed by atoms with Crippen molar-refractivity contribution < 1.29 is 9.53 Å². The predicted molar refractivity (Wildman–Crippen MR) is 90.2 cm³/mol. The van der Waals surface area contributed by atoms with E-state index in [-0.39, 0.29) is 5.92 Å². The molecule has 0 saturated heterocycles. The molecule has 0 spiro atoms. The fourth-order valence-corrected chi connectivity index (χ4v) is 2.46. The number of methoxy groups -OCH3 is 1. The van der Waals surface area contributed by atoms with Crippen LogP contribution >= 0.6 is 22.6 Å². The summed E-state index contributed by atoms with van der Waals surface area (Å²) in [6, 6.07) is 8.25. The Morgan fingerprint density at radius 1 is 1.43 bits per heavy atom. The SMILES string of the molecule is COC(=O)NC[C@@H](C)c1nc(-c2ccc(I)cc2)cn1C. The highest BCUT2D eigenvalue weighted by atomic mass is 127. The number of alkyl carbamates (subject to hydrolysis) is 1. The second-order valence-corrected chi connectivity index (χ2v) is 6.12. The number of halogens is 1. The highest BCUT2D eigenvalue weighted by Gasteiger charge is 2.15. The van der Waals surface area contributed by atoms with E-state index >= 15 is 0 Å². The molecule has 1 N–H and O–H groups in total. The van der Waals surface area contributed by atoms with Gasteiger partial charge in [-0.2, -0.15) is 0 Å². The molecule has 0 bridgehead atoms. The van der Waals surface area contributed by atoms with Crippen LogP contribution < -0.4 is 5.32 Å². The molecule has 21 heavy (non-hydrogen) atoms. The van der Waals surface area contributed by atoms with Gasteiger partial charge in [-0.3, -0.25) is 0 Å². The van der Waals surface area contributed by atoms with Gasteiger partial charge in [-0.15, -0.1) is 0 Å². The van der Waals surface area contributed by atoms with Crippen molar-refractivity contribution in [1.29, 1.82) is 0 Å². The molecule has 0 fully saturated rings. The fraction of sp³-hybridized carbons (Fsp3) is 0.333. The number of aryl methyl sites for hydroxylation is 1. The summed E-state index contributed by atoms with van der Waals surface area (Å²) in [5.74, 6) is 1.03. The third kappa shape index (κ3) is 3.96. The maximum absolute atomic E-state index is 11.1. The number of carbonyl (C=O) groups excluding carboxylic acids is 1. The standard InChI is InChI=1S/C15H18IN3O2/c1-10(8-17-15(20)21-3)14-18-13(9-19(14)2)11-4-6-12(16)7-5-11/h4-7,9-10H,8H2,1-3H3,(H,17,20)/t10-/m1/s1. The molecule has 0 aliphatic heterocycles. The number of hydrogen-bond acceptors (Lipinski definition) is 3. The topological polar surface area (TPSA) is 56.1 Å². The van der Waals surface area contributed by atoms with Gasteiger partial charge >= 0.3 is 6.09 Å². The summed E-state index contributed by atoms with van der Waals surface area (Å²) in [5.41, 5.74) is 2.03. The molecule has 5 nitrogen and oxygen atoms in total. The van der Waals surface area contributed by atoms with Crippen molar-refractivity contribution in [2.45, 2.75) is 12.8 Å². The van der Waals surface area contributed by atoms with E-state index in [0.717, 1.165) is 17.1 Å². The Labute approximate surface area is 137 Å². The number of benzene rings is 1. The maximum atomic E-state index is 11.1. The van der Waals surface area contributed by atoms with Gasteiger partial charge in [0.25, 0.3) is 0 Å². The largest absolute Gasteiger partial charge is 0.453 e. The molecule has 1 aromatic heterocycles. The first-order valence-electron chi connectivity index (χ1n) is 6.62. The van der Waals surface area contributed by atoms with Gasteiger partial charge in [-0.25, -0.2) is 9.78 Å². The summed E-state index contributed by atoms with van der Waals surface area (Å²) in [6.45, 7) is 2.51. The van der Waals surface area contributed by atoms with Crippen LogP contribution in [0.2, 0.25) is 0 Å².